The molecule has 92 valence electrons. The predicted molar refractivity (Wildman–Crippen MR) is 63.9 cm³/mol. The van der Waals surface area contributed by atoms with Crippen molar-refractivity contribution in [3.63, 3.8) is 0 Å². The number of aliphatic carboxylic acids is 1. The van der Waals surface area contributed by atoms with Gasteiger partial charge < -0.3 is 5.11 Å². The standard InChI is InChI=1S/C14H17FO2/c1-13(2,12(16)17)11-6-4-3-5-10(11)9-14(15)7-8-14/h3-6H,7-9H2,1-2H3,(H,16,17). The Morgan fingerprint density at radius 2 is 2.00 bits per heavy atom. The van der Waals surface area contributed by atoms with Crippen molar-refractivity contribution < 1.29 is 14.3 Å². The van der Waals surface area contributed by atoms with E-state index in [1.807, 2.05) is 12.1 Å². The van der Waals surface area contributed by atoms with Crippen LogP contribution in [0.3, 0.4) is 0 Å². The molecule has 2 nitrogen and oxygen atoms in total. The lowest BCUT2D eigenvalue weighted by molar-refractivity contribution is -0.142. The molecule has 0 amide bonds. The molecule has 1 N–H and O–H groups in total. The fraction of sp³-hybridized carbons (Fsp3) is 0.500. The van der Waals surface area contributed by atoms with Crippen LogP contribution in [-0.4, -0.2) is 16.7 Å². The van der Waals surface area contributed by atoms with Crippen LogP contribution in [0.4, 0.5) is 4.39 Å². The summed E-state index contributed by atoms with van der Waals surface area (Å²) in [5.74, 6) is -0.881. The van der Waals surface area contributed by atoms with Crippen molar-refractivity contribution in [2.24, 2.45) is 0 Å². The third kappa shape index (κ3) is 2.33. The molecule has 1 aromatic rings. The molecule has 17 heavy (non-hydrogen) atoms. The second-order valence-electron chi connectivity index (χ2n) is 5.41. The summed E-state index contributed by atoms with van der Waals surface area (Å²) in [5.41, 5.74) is -0.525. The van der Waals surface area contributed by atoms with Crippen molar-refractivity contribution in [3.8, 4) is 0 Å². The van der Waals surface area contributed by atoms with Crippen LogP contribution < -0.4 is 0 Å². The number of hydrogen-bond donors (Lipinski definition) is 1. The van der Waals surface area contributed by atoms with E-state index in [0.717, 1.165) is 11.1 Å². The average Bonchev–Trinajstić information content (AvgIpc) is 2.96. The lowest BCUT2D eigenvalue weighted by atomic mass is 9.80. The molecule has 1 fully saturated rings. The maximum Gasteiger partial charge on any atom is 0.313 e. The Labute approximate surface area is 100 Å². The Morgan fingerprint density at radius 1 is 1.41 bits per heavy atom. The average molecular weight is 236 g/mol. The monoisotopic (exact) mass is 236 g/mol. The highest BCUT2D eigenvalue weighted by Gasteiger charge is 2.44. The van der Waals surface area contributed by atoms with Crippen LogP contribution in [-0.2, 0) is 16.6 Å². The van der Waals surface area contributed by atoms with Crippen molar-refractivity contribution in [2.45, 2.75) is 44.2 Å². The zero-order valence-electron chi connectivity index (χ0n) is 10.2. The minimum absolute atomic E-state index is 0.333. The van der Waals surface area contributed by atoms with E-state index in [-0.39, 0.29) is 0 Å². The van der Waals surface area contributed by atoms with E-state index in [2.05, 4.69) is 0 Å². The molecule has 0 bridgehead atoms. The third-order valence-corrected chi connectivity index (χ3v) is 3.53. The molecule has 0 unspecified atom stereocenters. The van der Waals surface area contributed by atoms with Gasteiger partial charge in [0.25, 0.3) is 0 Å². The Morgan fingerprint density at radius 3 is 2.53 bits per heavy atom. The van der Waals surface area contributed by atoms with Crippen molar-refractivity contribution >= 4 is 5.97 Å². The van der Waals surface area contributed by atoms with Gasteiger partial charge in [0.05, 0.1) is 5.41 Å². The van der Waals surface area contributed by atoms with E-state index in [0.29, 0.717) is 19.3 Å². The zero-order valence-corrected chi connectivity index (χ0v) is 10.2. The molecule has 0 saturated heterocycles. The lowest BCUT2D eigenvalue weighted by Crippen LogP contribution is -2.30. The van der Waals surface area contributed by atoms with E-state index in [9.17, 15) is 14.3 Å². The van der Waals surface area contributed by atoms with Gasteiger partial charge in [-0.2, -0.15) is 0 Å². The Balaban J connectivity index is 2.36. The Hall–Kier alpha value is -1.38. The van der Waals surface area contributed by atoms with Crippen LogP contribution in [0.5, 0.6) is 0 Å². The molecule has 0 heterocycles. The van der Waals surface area contributed by atoms with E-state index < -0.39 is 17.1 Å². The van der Waals surface area contributed by atoms with Crippen LogP contribution >= 0.6 is 0 Å². The van der Waals surface area contributed by atoms with E-state index in [1.165, 1.54) is 0 Å². The molecule has 1 aromatic carbocycles. The van der Waals surface area contributed by atoms with Gasteiger partial charge in [-0.05, 0) is 37.8 Å². The van der Waals surface area contributed by atoms with E-state index >= 15 is 0 Å². The first-order valence-electron chi connectivity index (χ1n) is 5.86. The molecular weight excluding hydrogens is 219 g/mol. The molecule has 3 heteroatoms. The van der Waals surface area contributed by atoms with Crippen molar-refractivity contribution in [1.82, 2.24) is 0 Å². The van der Waals surface area contributed by atoms with Crippen molar-refractivity contribution in [1.29, 1.82) is 0 Å². The number of carboxylic acids is 1. The van der Waals surface area contributed by atoms with E-state index in [4.69, 9.17) is 0 Å². The molecule has 0 aliphatic heterocycles. The molecule has 2 rings (SSSR count). The second-order valence-corrected chi connectivity index (χ2v) is 5.41. The number of carbonyl (C=O) groups is 1. The van der Waals surface area contributed by atoms with Crippen LogP contribution in [0.25, 0.3) is 0 Å². The van der Waals surface area contributed by atoms with Gasteiger partial charge in [-0.1, -0.05) is 24.3 Å². The smallest absolute Gasteiger partial charge is 0.313 e. The number of carboxylic acid groups (broad SMARTS) is 1. The van der Waals surface area contributed by atoms with Gasteiger partial charge in [0.15, 0.2) is 0 Å². The van der Waals surface area contributed by atoms with Gasteiger partial charge in [0, 0.05) is 6.42 Å². The third-order valence-electron chi connectivity index (χ3n) is 3.53. The van der Waals surface area contributed by atoms with Crippen LogP contribution in [0, 0.1) is 0 Å². The molecular formula is C14H17FO2. The van der Waals surface area contributed by atoms with Crippen LogP contribution in [0.15, 0.2) is 24.3 Å². The Bertz CT molecular complexity index is 447. The molecule has 1 aliphatic carbocycles. The summed E-state index contributed by atoms with van der Waals surface area (Å²) < 4.78 is 13.8. The van der Waals surface area contributed by atoms with Crippen molar-refractivity contribution in [3.05, 3.63) is 35.4 Å². The van der Waals surface area contributed by atoms with Gasteiger partial charge >= 0.3 is 5.97 Å². The van der Waals surface area contributed by atoms with Gasteiger partial charge in [-0.3, -0.25) is 4.79 Å². The molecule has 0 spiro atoms. The largest absolute Gasteiger partial charge is 0.481 e. The highest BCUT2D eigenvalue weighted by atomic mass is 19.1. The Kier molecular flexibility index (Phi) is 2.72. The number of halogens is 1. The van der Waals surface area contributed by atoms with Gasteiger partial charge in [0.1, 0.15) is 5.67 Å². The summed E-state index contributed by atoms with van der Waals surface area (Å²) in [6, 6.07) is 7.26. The quantitative estimate of drug-likeness (QED) is 0.872. The number of benzene rings is 1. The minimum atomic E-state index is -1.09. The normalized spacial score (nSPS) is 17.8. The van der Waals surface area contributed by atoms with Crippen LogP contribution in [0.1, 0.15) is 37.8 Å². The fourth-order valence-corrected chi connectivity index (χ4v) is 2.05. The highest BCUT2D eigenvalue weighted by Crippen LogP contribution is 2.44. The molecule has 0 radical (unpaired) electrons. The summed E-state index contributed by atoms with van der Waals surface area (Å²) in [4.78, 5) is 11.3. The summed E-state index contributed by atoms with van der Waals surface area (Å²) in [6.45, 7) is 3.32. The first-order chi connectivity index (χ1) is 7.85. The summed E-state index contributed by atoms with van der Waals surface area (Å²) in [5, 5.41) is 9.24. The highest BCUT2D eigenvalue weighted by molar-refractivity contribution is 5.80. The number of alkyl halides is 1. The fourth-order valence-electron chi connectivity index (χ4n) is 2.05. The SMILES string of the molecule is CC(C)(C(=O)O)c1ccccc1CC1(F)CC1. The number of hydrogen-bond acceptors (Lipinski definition) is 1. The molecule has 0 atom stereocenters. The number of rotatable bonds is 4. The summed E-state index contributed by atoms with van der Waals surface area (Å²) in [6.07, 6.45) is 1.52. The molecule has 1 saturated carbocycles. The van der Waals surface area contributed by atoms with Gasteiger partial charge in [0.2, 0.25) is 0 Å². The molecule has 1 aliphatic rings. The zero-order chi connectivity index (χ0) is 12.7. The van der Waals surface area contributed by atoms with Gasteiger partial charge in [-0.25, -0.2) is 4.39 Å². The first kappa shape index (κ1) is 12.1. The first-order valence-corrected chi connectivity index (χ1v) is 5.86. The lowest BCUT2D eigenvalue weighted by Gasteiger charge is -2.23. The second kappa shape index (κ2) is 3.83. The minimum Gasteiger partial charge on any atom is -0.481 e. The van der Waals surface area contributed by atoms with Crippen molar-refractivity contribution in [2.75, 3.05) is 0 Å². The van der Waals surface area contributed by atoms with Crippen LogP contribution in [0.2, 0.25) is 0 Å². The maximum absolute atomic E-state index is 13.8. The predicted octanol–water partition coefficient (Wildman–Crippen LogP) is 3.09. The van der Waals surface area contributed by atoms with Gasteiger partial charge in [-0.15, -0.1) is 0 Å². The summed E-state index contributed by atoms with van der Waals surface area (Å²) in [7, 11) is 0. The topological polar surface area (TPSA) is 37.3 Å². The summed E-state index contributed by atoms with van der Waals surface area (Å²) >= 11 is 0. The maximum atomic E-state index is 13.8. The molecule has 0 aromatic heterocycles. The van der Waals surface area contributed by atoms with E-state index in [1.54, 1.807) is 26.0 Å².